The van der Waals surface area contributed by atoms with Crippen LogP contribution in [0.15, 0.2) is 28.1 Å². The molecule has 1 aromatic carbocycles. The highest BCUT2D eigenvalue weighted by Gasteiger charge is 2.46. The molecule has 0 N–H and O–H groups in total. The average molecular weight is 508 g/mol. The lowest BCUT2D eigenvalue weighted by Crippen LogP contribution is -2.22. The number of imidazole rings is 1. The third-order valence-corrected chi connectivity index (χ3v) is 5.91. The van der Waals surface area contributed by atoms with E-state index in [0.717, 1.165) is 4.57 Å². The summed E-state index contributed by atoms with van der Waals surface area (Å²) in [5.74, 6) is 0. The molecule has 0 unspecified atom stereocenters. The largest absolute Gasteiger partial charge is 0.428 e. The Morgan fingerprint density at radius 2 is 1.56 bits per heavy atom. The van der Waals surface area contributed by atoms with Gasteiger partial charge in [0.1, 0.15) is 0 Å². The molecule has 0 atom stereocenters. The minimum atomic E-state index is -5.34. The zero-order valence-electron chi connectivity index (χ0n) is 11.3. The molecule has 0 radical (unpaired) electrons. The summed E-state index contributed by atoms with van der Waals surface area (Å²) in [6.07, 6.45) is -4.14. The summed E-state index contributed by atoms with van der Waals surface area (Å²) in [7, 11) is -5.34. The zero-order chi connectivity index (χ0) is 19.4. The number of aromatic nitrogens is 2. The average Bonchev–Trinajstić information content (AvgIpc) is 2.78. The molecular weight excluding hydrogens is 505 g/mol. The van der Waals surface area contributed by atoms with Crippen LogP contribution in [0, 0.1) is 0 Å². The first-order chi connectivity index (χ1) is 11.2. The van der Waals surface area contributed by atoms with Crippen molar-refractivity contribution in [3.63, 3.8) is 0 Å². The molecule has 2 rings (SSSR count). The van der Waals surface area contributed by atoms with E-state index in [9.17, 15) is 30.4 Å². The molecule has 0 aliphatic heterocycles. The summed E-state index contributed by atoms with van der Waals surface area (Å²) in [5.41, 5.74) is -1.45. The molecule has 0 spiro atoms. The highest BCUT2D eigenvalue weighted by atomic mass is 79.9. The second-order valence-electron chi connectivity index (χ2n) is 4.45. The van der Waals surface area contributed by atoms with E-state index in [-0.39, 0.29) is 10.4 Å². The lowest BCUT2D eigenvalue weighted by molar-refractivity contribution is -0.137. The van der Waals surface area contributed by atoms with Crippen molar-refractivity contribution in [2.24, 2.45) is 0 Å². The van der Waals surface area contributed by atoms with Crippen LogP contribution >= 0.6 is 50.7 Å². The molecule has 25 heavy (non-hydrogen) atoms. The molecule has 4 nitrogen and oxygen atoms in total. The molecule has 138 valence electrons. The van der Waals surface area contributed by atoms with Gasteiger partial charge in [-0.25, -0.2) is 13.4 Å². The summed E-state index contributed by atoms with van der Waals surface area (Å²) in [6.45, 7) is 0. The molecule has 0 aliphatic rings. The van der Waals surface area contributed by atoms with E-state index in [1.807, 2.05) is 0 Å². The van der Waals surface area contributed by atoms with Gasteiger partial charge in [-0.05, 0) is 39.7 Å². The van der Waals surface area contributed by atoms with E-state index < -0.39 is 41.4 Å². The topological polar surface area (TPSA) is 52.0 Å². The molecule has 14 heteroatoms. The first kappa shape index (κ1) is 20.7. The second kappa shape index (κ2) is 6.52. The number of sulfone groups is 1. The Morgan fingerprint density at radius 3 is 1.96 bits per heavy atom. The number of nitrogens with zero attached hydrogens (tertiary/aromatic N) is 2. The van der Waals surface area contributed by atoms with Gasteiger partial charge in [-0.15, -0.1) is 0 Å². The lowest BCUT2D eigenvalue weighted by Gasteiger charge is -2.13. The van der Waals surface area contributed by atoms with Crippen LogP contribution in [0.2, 0.25) is 10.0 Å². The first-order valence-corrected chi connectivity index (χ1v) is 9.20. The highest BCUT2D eigenvalue weighted by Crippen LogP contribution is 2.39. The standard InChI is InChI=1S/C11H3BrCl3F5N2O2S/c12-9-21-7(25(23,24)11(15,19)20)3-22(9)8-5(13)1-4(2-6(8)14)10(16,17)18/h1-3H. The molecule has 2 aromatic rings. The van der Waals surface area contributed by atoms with Crippen molar-refractivity contribution in [3.8, 4) is 5.69 Å². The molecule has 1 heterocycles. The van der Waals surface area contributed by atoms with Crippen molar-refractivity contribution in [2.45, 2.75) is 15.9 Å². The maximum absolute atomic E-state index is 13.0. The summed E-state index contributed by atoms with van der Waals surface area (Å²) >= 11 is 18.9. The molecule has 0 saturated heterocycles. The predicted octanol–water partition coefficient (Wildman–Crippen LogP) is 5.52. The predicted molar refractivity (Wildman–Crippen MR) is 84.3 cm³/mol. The van der Waals surface area contributed by atoms with Crippen LogP contribution in [0.5, 0.6) is 0 Å². The molecule has 0 aliphatic carbocycles. The van der Waals surface area contributed by atoms with Crippen LogP contribution in [0.25, 0.3) is 5.69 Å². The van der Waals surface area contributed by atoms with Crippen LogP contribution in [-0.4, -0.2) is 22.7 Å². The van der Waals surface area contributed by atoms with E-state index in [1.165, 1.54) is 0 Å². The summed E-state index contributed by atoms with van der Waals surface area (Å²) in [6, 6.07) is 1.08. The van der Waals surface area contributed by atoms with Gasteiger partial charge >= 0.3 is 10.9 Å². The highest BCUT2D eigenvalue weighted by molar-refractivity contribution is 9.10. The van der Waals surface area contributed by atoms with Crippen LogP contribution in [0.1, 0.15) is 5.56 Å². The molecule has 0 saturated carbocycles. The maximum Gasteiger partial charge on any atom is 0.428 e. The Balaban J connectivity index is 2.66. The van der Waals surface area contributed by atoms with Crippen molar-refractivity contribution in [1.29, 1.82) is 0 Å². The zero-order valence-corrected chi connectivity index (χ0v) is 15.9. The normalized spacial score (nSPS) is 13.3. The Morgan fingerprint density at radius 1 is 1.08 bits per heavy atom. The molecular formula is C11H3BrCl3F5N2O2S. The van der Waals surface area contributed by atoms with Gasteiger partial charge in [0.15, 0.2) is 9.76 Å². The molecule has 1 aromatic heterocycles. The van der Waals surface area contributed by atoms with Gasteiger partial charge in [0.2, 0.25) is 0 Å². The van der Waals surface area contributed by atoms with Crippen LogP contribution < -0.4 is 0 Å². The van der Waals surface area contributed by atoms with Crippen molar-refractivity contribution < 1.29 is 30.4 Å². The Kier molecular flexibility index (Phi) is 5.40. The number of benzene rings is 1. The van der Waals surface area contributed by atoms with Crippen LogP contribution in [0.3, 0.4) is 0 Å². The number of alkyl halides is 6. The quantitative estimate of drug-likeness (QED) is 0.405. The van der Waals surface area contributed by atoms with E-state index >= 15 is 0 Å². The summed E-state index contributed by atoms with van der Waals surface area (Å²) in [4.78, 5) is 3.37. The minimum Gasteiger partial charge on any atom is -0.290 e. The van der Waals surface area contributed by atoms with Gasteiger partial charge in [0.25, 0.3) is 9.84 Å². The van der Waals surface area contributed by atoms with Crippen LogP contribution in [-0.2, 0) is 16.0 Å². The number of hydrogen-bond acceptors (Lipinski definition) is 3. The van der Waals surface area contributed by atoms with Gasteiger partial charge in [-0.3, -0.25) is 4.57 Å². The van der Waals surface area contributed by atoms with Crippen LogP contribution in [0.4, 0.5) is 22.0 Å². The van der Waals surface area contributed by atoms with E-state index in [1.54, 1.807) is 0 Å². The Hall–Kier alpha value is -0.620. The Bertz CT molecular complexity index is 917. The monoisotopic (exact) mass is 506 g/mol. The van der Waals surface area contributed by atoms with Crippen molar-refractivity contribution in [3.05, 3.63) is 38.7 Å². The number of rotatable bonds is 3. The third-order valence-electron chi connectivity index (χ3n) is 2.81. The van der Waals surface area contributed by atoms with E-state index in [2.05, 4.69) is 32.5 Å². The SMILES string of the molecule is O=S(=O)(c1cn(-c2c(Cl)cc(C(F)(F)F)cc2Cl)c(Br)n1)C(F)(F)Cl. The molecule has 0 amide bonds. The van der Waals surface area contributed by atoms with Crippen molar-refractivity contribution >= 4 is 60.6 Å². The van der Waals surface area contributed by atoms with Gasteiger partial charge in [0.05, 0.1) is 21.3 Å². The first-order valence-electron chi connectivity index (χ1n) is 5.79. The fourth-order valence-corrected chi connectivity index (χ4v) is 3.88. The summed E-state index contributed by atoms with van der Waals surface area (Å²) in [5, 5.41) is -2.16. The van der Waals surface area contributed by atoms with E-state index in [0.29, 0.717) is 18.3 Å². The van der Waals surface area contributed by atoms with Gasteiger partial charge < -0.3 is 0 Å². The fraction of sp³-hybridized carbons (Fsp3) is 0.182. The van der Waals surface area contributed by atoms with Gasteiger partial charge in [-0.2, -0.15) is 22.0 Å². The van der Waals surface area contributed by atoms with Crippen molar-refractivity contribution in [1.82, 2.24) is 9.55 Å². The molecule has 0 bridgehead atoms. The minimum absolute atomic E-state index is 0.296. The lowest BCUT2D eigenvalue weighted by atomic mass is 10.2. The smallest absolute Gasteiger partial charge is 0.290 e. The maximum atomic E-state index is 13.0. The fourth-order valence-electron chi connectivity index (χ4n) is 1.70. The van der Waals surface area contributed by atoms with Gasteiger partial charge in [-0.1, -0.05) is 23.2 Å². The van der Waals surface area contributed by atoms with Gasteiger partial charge in [0, 0.05) is 6.20 Å². The second-order valence-corrected chi connectivity index (χ2v) is 8.61. The Labute approximate surface area is 160 Å². The number of halogens is 9. The molecule has 0 fully saturated rings. The van der Waals surface area contributed by atoms with Crippen molar-refractivity contribution in [2.75, 3.05) is 0 Å². The van der Waals surface area contributed by atoms with E-state index in [4.69, 9.17) is 23.2 Å². The number of hydrogen-bond donors (Lipinski definition) is 0. The third kappa shape index (κ3) is 3.90. The summed E-state index contributed by atoms with van der Waals surface area (Å²) < 4.78 is 83.2.